The van der Waals surface area contributed by atoms with E-state index in [2.05, 4.69) is 20.4 Å². The van der Waals surface area contributed by atoms with Gasteiger partial charge in [0.05, 0.1) is 0 Å². The Morgan fingerprint density at radius 1 is 1.47 bits per heavy atom. The lowest BCUT2D eigenvalue weighted by Gasteiger charge is -2.09. The van der Waals surface area contributed by atoms with Gasteiger partial charge >= 0.3 is 0 Å². The van der Waals surface area contributed by atoms with Crippen LogP contribution in [0.1, 0.15) is 31.3 Å². The molecule has 2 aromatic rings. The number of aromatic amines is 1. The average molecular weight is 261 g/mol. The van der Waals surface area contributed by atoms with E-state index in [1.54, 1.807) is 6.20 Å². The van der Waals surface area contributed by atoms with Crippen molar-refractivity contribution < 1.29 is 0 Å². The summed E-state index contributed by atoms with van der Waals surface area (Å²) >= 11 is 0. The Labute approximate surface area is 111 Å². The molecule has 0 saturated carbocycles. The fourth-order valence-corrected chi connectivity index (χ4v) is 1.81. The first-order chi connectivity index (χ1) is 9.06. The van der Waals surface area contributed by atoms with Crippen molar-refractivity contribution >= 4 is 5.82 Å². The highest BCUT2D eigenvalue weighted by atomic mass is 16.1. The van der Waals surface area contributed by atoms with E-state index >= 15 is 0 Å². The minimum Gasteiger partial charge on any atom is -0.369 e. The molecule has 19 heavy (non-hydrogen) atoms. The van der Waals surface area contributed by atoms with Crippen LogP contribution in [0.4, 0.5) is 5.82 Å². The topological polar surface area (TPSA) is 75.6 Å². The number of nitrogens with one attached hydrogen (secondary N) is 2. The van der Waals surface area contributed by atoms with Gasteiger partial charge in [-0.05, 0) is 6.07 Å². The maximum Gasteiger partial charge on any atom is 0.252 e. The van der Waals surface area contributed by atoms with Crippen molar-refractivity contribution in [2.45, 2.75) is 26.2 Å². The number of nitrogens with zero attached hydrogens (tertiary/aromatic N) is 3. The summed E-state index contributed by atoms with van der Waals surface area (Å²) in [4.78, 5) is 18.6. The van der Waals surface area contributed by atoms with Gasteiger partial charge in [0.25, 0.3) is 5.56 Å². The normalized spacial score (nSPS) is 10.9. The van der Waals surface area contributed by atoms with Crippen LogP contribution in [0.25, 0.3) is 0 Å². The molecule has 0 radical (unpaired) electrons. The van der Waals surface area contributed by atoms with Crippen molar-refractivity contribution in [3.05, 3.63) is 40.2 Å². The van der Waals surface area contributed by atoms with E-state index < -0.39 is 0 Å². The summed E-state index contributed by atoms with van der Waals surface area (Å²) in [6.45, 7) is 4.71. The van der Waals surface area contributed by atoms with Gasteiger partial charge in [-0.25, -0.2) is 4.98 Å². The number of aryl methyl sites for hydroxylation is 1. The monoisotopic (exact) mass is 261 g/mol. The van der Waals surface area contributed by atoms with E-state index in [0.29, 0.717) is 18.2 Å². The van der Waals surface area contributed by atoms with Crippen molar-refractivity contribution in [3.63, 3.8) is 0 Å². The Morgan fingerprint density at radius 3 is 2.89 bits per heavy atom. The zero-order chi connectivity index (χ0) is 13.8. The van der Waals surface area contributed by atoms with Crippen LogP contribution in [0.5, 0.6) is 0 Å². The minimum absolute atomic E-state index is 0.123. The highest BCUT2D eigenvalue weighted by Gasteiger charge is 2.05. The largest absolute Gasteiger partial charge is 0.369 e. The summed E-state index contributed by atoms with van der Waals surface area (Å²) < 4.78 is 1.84. The van der Waals surface area contributed by atoms with Crippen LogP contribution in [0.15, 0.2) is 23.1 Å². The van der Waals surface area contributed by atoms with Crippen LogP contribution >= 0.6 is 0 Å². The van der Waals surface area contributed by atoms with Crippen LogP contribution < -0.4 is 10.9 Å². The summed E-state index contributed by atoms with van der Waals surface area (Å²) in [5.74, 6) is 1.52. The maximum atomic E-state index is 11.5. The van der Waals surface area contributed by atoms with E-state index in [-0.39, 0.29) is 11.5 Å². The third-order valence-electron chi connectivity index (χ3n) is 2.92. The summed E-state index contributed by atoms with van der Waals surface area (Å²) in [6, 6.07) is 3.46. The molecule has 102 valence electrons. The Bertz CT molecular complexity index is 599. The highest BCUT2D eigenvalue weighted by molar-refractivity contribution is 5.33. The molecule has 0 amide bonds. The smallest absolute Gasteiger partial charge is 0.252 e. The van der Waals surface area contributed by atoms with Crippen LogP contribution in [-0.4, -0.2) is 26.3 Å². The Kier molecular flexibility index (Phi) is 3.99. The Morgan fingerprint density at radius 2 is 2.26 bits per heavy atom. The molecule has 0 aliphatic rings. The second-order valence-corrected chi connectivity index (χ2v) is 4.79. The Balaban J connectivity index is 2.00. The maximum absolute atomic E-state index is 11.5. The lowest BCUT2D eigenvalue weighted by Crippen LogP contribution is -2.16. The van der Waals surface area contributed by atoms with Gasteiger partial charge < -0.3 is 10.3 Å². The molecule has 0 aliphatic carbocycles. The number of hydrogen-bond donors (Lipinski definition) is 2. The standard InChI is InChI=1S/C13H19N5O/c1-9(2)13-16-11(8-12(19)17-13)14-6-4-10-5-7-15-18(10)3/h5,7-9H,4,6H2,1-3H3,(H2,14,16,17,19). The summed E-state index contributed by atoms with van der Waals surface area (Å²) in [7, 11) is 1.91. The van der Waals surface area contributed by atoms with E-state index in [0.717, 1.165) is 12.1 Å². The molecule has 0 bridgehead atoms. The van der Waals surface area contributed by atoms with Gasteiger partial charge in [0.2, 0.25) is 0 Å². The number of H-pyrrole nitrogens is 1. The molecule has 0 fully saturated rings. The molecule has 0 spiro atoms. The molecule has 2 aromatic heterocycles. The molecule has 2 heterocycles. The first kappa shape index (κ1) is 13.3. The number of aromatic nitrogens is 4. The van der Waals surface area contributed by atoms with Gasteiger partial charge in [0.1, 0.15) is 11.6 Å². The molecule has 0 saturated heterocycles. The van der Waals surface area contributed by atoms with E-state index in [4.69, 9.17) is 0 Å². The molecule has 0 atom stereocenters. The fraction of sp³-hybridized carbons (Fsp3) is 0.462. The van der Waals surface area contributed by atoms with Gasteiger partial charge in [-0.3, -0.25) is 9.48 Å². The number of anilines is 1. The quantitative estimate of drug-likeness (QED) is 0.850. The minimum atomic E-state index is -0.123. The molecule has 0 aliphatic heterocycles. The van der Waals surface area contributed by atoms with Gasteiger partial charge in [-0.1, -0.05) is 13.8 Å². The number of hydrogen-bond acceptors (Lipinski definition) is 4. The first-order valence-corrected chi connectivity index (χ1v) is 6.38. The Hall–Kier alpha value is -2.11. The summed E-state index contributed by atoms with van der Waals surface area (Å²) in [5, 5.41) is 7.29. The fourth-order valence-electron chi connectivity index (χ4n) is 1.81. The average Bonchev–Trinajstić information content (AvgIpc) is 2.74. The van der Waals surface area contributed by atoms with Crippen molar-refractivity contribution in [1.82, 2.24) is 19.7 Å². The lowest BCUT2D eigenvalue weighted by molar-refractivity contribution is 0.710. The van der Waals surface area contributed by atoms with Crippen molar-refractivity contribution in [2.75, 3.05) is 11.9 Å². The van der Waals surface area contributed by atoms with Crippen LogP contribution in [0, 0.1) is 0 Å². The van der Waals surface area contributed by atoms with Gasteiger partial charge in [0.15, 0.2) is 0 Å². The van der Waals surface area contributed by atoms with Crippen molar-refractivity contribution in [1.29, 1.82) is 0 Å². The molecule has 6 nitrogen and oxygen atoms in total. The van der Waals surface area contributed by atoms with Gasteiger partial charge in [0, 0.05) is 43.9 Å². The summed E-state index contributed by atoms with van der Waals surface area (Å²) in [6.07, 6.45) is 2.61. The van der Waals surface area contributed by atoms with Crippen LogP contribution in [0.2, 0.25) is 0 Å². The number of rotatable bonds is 5. The molecule has 0 aromatic carbocycles. The molecule has 0 unspecified atom stereocenters. The SMILES string of the molecule is CC(C)c1nc(NCCc2ccnn2C)cc(=O)[nH]1. The van der Waals surface area contributed by atoms with Crippen LogP contribution in [0.3, 0.4) is 0 Å². The second-order valence-electron chi connectivity index (χ2n) is 4.79. The summed E-state index contributed by atoms with van der Waals surface area (Å²) in [5.41, 5.74) is 1.02. The highest BCUT2D eigenvalue weighted by Crippen LogP contribution is 2.09. The zero-order valence-electron chi connectivity index (χ0n) is 11.5. The van der Waals surface area contributed by atoms with Crippen molar-refractivity contribution in [2.24, 2.45) is 7.05 Å². The van der Waals surface area contributed by atoms with E-state index in [1.807, 2.05) is 31.6 Å². The van der Waals surface area contributed by atoms with E-state index in [9.17, 15) is 4.79 Å². The van der Waals surface area contributed by atoms with E-state index in [1.165, 1.54) is 6.07 Å². The zero-order valence-corrected chi connectivity index (χ0v) is 11.5. The molecule has 2 rings (SSSR count). The van der Waals surface area contributed by atoms with Gasteiger partial charge in [-0.2, -0.15) is 5.10 Å². The van der Waals surface area contributed by atoms with Gasteiger partial charge in [-0.15, -0.1) is 0 Å². The molecular formula is C13H19N5O. The molecular weight excluding hydrogens is 242 g/mol. The molecule has 6 heteroatoms. The third kappa shape index (κ3) is 3.43. The third-order valence-corrected chi connectivity index (χ3v) is 2.92. The second kappa shape index (κ2) is 5.69. The lowest BCUT2D eigenvalue weighted by atomic mass is 10.2. The predicted molar refractivity (Wildman–Crippen MR) is 74.3 cm³/mol. The molecule has 2 N–H and O–H groups in total. The predicted octanol–water partition coefficient (Wildman–Crippen LogP) is 1.28. The van der Waals surface area contributed by atoms with Crippen LogP contribution in [-0.2, 0) is 13.5 Å². The van der Waals surface area contributed by atoms with Crippen molar-refractivity contribution in [3.8, 4) is 0 Å². The first-order valence-electron chi connectivity index (χ1n) is 6.38.